The van der Waals surface area contributed by atoms with Gasteiger partial charge in [-0.3, -0.25) is 0 Å². The molecule has 0 saturated carbocycles. The molecule has 0 spiro atoms. The molecule has 0 saturated heterocycles. The number of hydrogen-bond donors (Lipinski definition) is 0. The molecule has 26 heavy (non-hydrogen) atoms. The van der Waals surface area contributed by atoms with Gasteiger partial charge >= 0.3 is 11.9 Å². The fourth-order valence-electron chi connectivity index (χ4n) is 2.13. The lowest BCUT2D eigenvalue weighted by molar-refractivity contribution is -0.128. The minimum absolute atomic E-state index is 0.303. The van der Waals surface area contributed by atoms with Crippen LogP contribution in [0.15, 0.2) is 42.5 Å². The van der Waals surface area contributed by atoms with E-state index in [1.807, 2.05) is 0 Å². The number of benzene rings is 2. The van der Waals surface area contributed by atoms with E-state index >= 15 is 0 Å². The molecule has 0 fully saturated rings. The van der Waals surface area contributed by atoms with Crippen molar-refractivity contribution in [1.29, 1.82) is 0 Å². The zero-order valence-electron chi connectivity index (χ0n) is 14.4. The van der Waals surface area contributed by atoms with Gasteiger partial charge in [-0.2, -0.15) is 0 Å². The van der Waals surface area contributed by atoms with E-state index in [-0.39, 0.29) is 0 Å². The molecule has 0 unspecified atom stereocenters. The summed E-state index contributed by atoms with van der Waals surface area (Å²) in [6.07, 6.45) is 2.80. The molecule has 136 valence electrons. The van der Waals surface area contributed by atoms with E-state index in [4.69, 9.17) is 25.8 Å². The van der Waals surface area contributed by atoms with Gasteiger partial charge in [0.2, 0.25) is 0 Å². The molecule has 0 aliphatic heterocycles. The van der Waals surface area contributed by atoms with Crippen molar-refractivity contribution >= 4 is 29.6 Å². The molecule has 0 aromatic heterocycles. The van der Waals surface area contributed by atoms with Gasteiger partial charge in [0.1, 0.15) is 5.75 Å². The van der Waals surface area contributed by atoms with Crippen LogP contribution in [0.5, 0.6) is 17.2 Å². The topological polar surface area (TPSA) is 71.1 Å². The average Bonchev–Trinajstić information content (AvgIpc) is 2.65. The lowest BCUT2D eigenvalue weighted by Gasteiger charge is -2.10. The Bertz CT molecular complexity index is 827. The van der Waals surface area contributed by atoms with Crippen LogP contribution in [0.2, 0.25) is 5.02 Å². The fraction of sp³-hybridized carbons (Fsp3) is 0.158. The Morgan fingerprint density at radius 2 is 1.69 bits per heavy atom. The maximum Gasteiger partial charge on any atom is 0.337 e. The Morgan fingerprint density at radius 1 is 1.00 bits per heavy atom. The molecular formula is C19H17ClO6. The summed E-state index contributed by atoms with van der Waals surface area (Å²) in [5, 5.41) is 0.360. The molecular weight excluding hydrogens is 360 g/mol. The van der Waals surface area contributed by atoms with Gasteiger partial charge in [0.05, 0.1) is 31.9 Å². The SMILES string of the molecule is COC(=O)c1ccc(OC(=O)C=Cc2cc(Cl)c(OC)c(OC)c2)cc1. The molecule has 0 N–H and O–H groups in total. The first-order chi connectivity index (χ1) is 12.5. The predicted octanol–water partition coefficient (Wildman–Crippen LogP) is 3.76. The van der Waals surface area contributed by atoms with Gasteiger partial charge in [-0.05, 0) is 48.0 Å². The summed E-state index contributed by atoms with van der Waals surface area (Å²) in [5.74, 6) is 0.124. The van der Waals surface area contributed by atoms with Crippen LogP contribution in [0.1, 0.15) is 15.9 Å². The highest BCUT2D eigenvalue weighted by Crippen LogP contribution is 2.36. The maximum atomic E-state index is 11.9. The Morgan fingerprint density at radius 3 is 2.27 bits per heavy atom. The lowest BCUT2D eigenvalue weighted by atomic mass is 10.2. The smallest absolute Gasteiger partial charge is 0.337 e. The molecule has 0 radical (unpaired) electrons. The van der Waals surface area contributed by atoms with Gasteiger partial charge < -0.3 is 18.9 Å². The van der Waals surface area contributed by atoms with Crippen LogP contribution in [0.4, 0.5) is 0 Å². The number of carbonyl (C=O) groups is 2. The Kier molecular flexibility index (Phi) is 6.63. The molecule has 0 heterocycles. The summed E-state index contributed by atoms with van der Waals surface area (Å²) in [6.45, 7) is 0. The van der Waals surface area contributed by atoms with E-state index in [9.17, 15) is 9.59 Å². The highest BCUT2D eigenvalue weighted by molar-refractivity contribution is 6.32. The number of esters is 2. The lowest BCUT2D eigenvalue weighted by Crippen LogP contribution is -2.05. The normalized spacial score (nSPS) is 10.5. The zero-order valence-corrected chi connectivity index (χ0v) is 15.2. The van der Waals surface area contributed by atoms with Crippen molar-refractivity contribution in [1.82, 2.24) is 0 Å². The highest BCUT2D eigenvalue weighted by Gasteiger charge is 2.10. The van der Waals surface area contributed by atoms with Crippen molar-refractivity contribution in [3.05, 3.63) is 58.6 Å². The van der Waals surface area contributed by atoms with Gasteiger partial charge in [0.15, 0.2) is 11.5 Å². The average molecular weight is 377 g/mol. The third-order valence-electron chi connectivity index (χ3n) is 3.36. The second kappa shape index (κ2) is 8.92. The van der Waals surface area contributed by atoms with E-state index in [0.717, 1.165) is 0 Å². The first-order valence-electron chi connectivity index (χ1n) is 7.48. The standard InChI is InChI=1S/C19H17ClO6/c1-23-16-11-12(10-15(20)18(16)24-2)4-9-17(21)26-14-7-5-13(6-8-14)19(22)25-3/h4-11H,1-3H3. The van der Waals surface area contributed by atoms with Crippen LogP contribution >= 0.6 is 11.6 Å². The third kappa shape index (κ3) is 4.77. The zero-order chi connectivity index (χ0) is 19.1. The third-order valence-corrected chi connectivity index (χ3v) is 3.64. The van der Waals surface area contributed by atoms with E-state index in [0.29, 0.717) is 33.4 Å². The predicted molar refractivity (Wildman–Crippen MR) is 97.0 cm³/mol. The first-order valence-corrected chi connectivity index (χ1v) is 7.86. The van der Waals surface area contributed by atoms with Crippen LogP contribution in [-0.4, -0.2) is 33.3 Å². The summed E-state index contributed by atoms with van der Waals surface area (Å²) < 4.78 is 20.1. The number of carbonyl (C=O) groups excluding carboxylic acids is 2. The van der Waals surface area contributed by atoms with Gasteiger partial charge in [-0.15, -0.1) is 0 Å². The minimum Gasteiger partial charge on any atom is -0.493 e. The largest absolute Gasteiger partial charge is 0.493 e. The molecule has 7 heteroatoms. The molecule has 2 aromatic rings. The molecule has 0 amide bonds. The molecule has 2 rings (SSSR count). The number of rotatable bonds is 6. The molecule has 0 bridgehead atoms. The van der Waals surface area contributed by atoms with E-state index in [1.54, 1.807) is 18.2 Å². The Hall–Kier alpha value is -2.99. The van der Waals surface area contributed by atoms with Crippen molar-refractivity contribution in [2.45, 2.75) is 0 Å². The Labute approximate surface area is 155 Å². The van der Waals surface area contributed by atoms with Crippen LogP contribution in [-0.2, 0) is 9.53 Å². The van der Waals surface area contributed by atoms with Crippen LogP contribution in [0.3, 0.4) is 0 Å². The van der Waals surface area contributed by atoms with Gasteiger partial charge in [0, 0.05) is 6.08 Å². The summed E-state index contributed by atoms with van der Waals surface area (Å²) in [6, 6.07) is 9.34. The number of methoxy groups -OCH3 is 3. The van der Waals surface area contributed by atoms with Crippen LogP contribution < -0.4 is 14.2 Å². The molecule has 0 aliphatic carbocycles. The monoisotopic (exact) mass is 376 g/mol. The van der Waals surface area contributed by atoms with Gasteiger partial charge in [-0.25, -0.2) is 9.59 Å². The van der Waals surface area contributed by atoms with Crippen molar-refractivity contribution in [2.75, 3.05) is 21.3 Å². The molecule has 2 aromatic carbocycles. The molecule has 0 aliphatic rings. The fourth-order valence-corrected chi connectivity index (χ4v) is 2.42. The summed E-state index contributed by atoms with van der Waals surface area (Å²) in [4.78, 5) is 23.3. The number of hydrogen-bond acceptors (Lipinski definition) is 6. The number of ether oxygens (including phenoxy) is 4. The highest BCUT2D eigenvalue weighted by atomic mass is 35.5. The van der Waals surface area contributed by atoms with Gasteiger partial charge in [0.25, 0.3) is 0 Å². The van der Waals surface area contributed by atoms with E-state index in [2.05, 4.69) is 4.74 Å². The van der Waals surface area contributed by atoms with Crippen LogP contribution in [0, 0.1) is 0 Å². The maximum absolute atomic E-state index is 11.9. The quantitative estimate of drug-likeness (QED) is 0.434. The second-order valence-corrected chi connectivity index (χ2v) is 5.42. The van der Waals surface area contributed by atoms with E-state index < -0.39 is 11.9 Å². The van der Waals surface area contributed by atoms with E-state index in [1.165, 1.54) is 51.7 Å². The molecule has 0 atom stereocenters. The van der Waals surface area contributed by atoms with Gasteiger partial charge in [-0.1, -0.05) is 11.6 Å². The van der Waals surface area contributed by atoms with Crippen molar-refractivity contribution in [3.8, 4) is 17.2 Å². The molecule has 6 nitrogen and oxygen atoms in total. The number of halogens is 1. The summed E-state index contributed by atoms with van der Waals surface area (Å²) in [7, 11) is 4.28. The van der Waals surface area contributed by atoms with Crippen molar-refractivity contribution in [3.63, 3.8) is 0 Å². The summed E-state index contributed by atoms with van der Waals surface area (Å²) in [5.41, 5.74) is 1.01. The van der Waals surface area contributed by atoms with Crippen molar-refractivity contribution < 1.29 is 28.5 Å². The minimum atomic E-state index is -0.582. The summed E-state index contributed by atoms with van der Waals surface area (Å²) >= 11 is 6.12. The second-order valence-electron chi connectivity index (χ2n) is 5.01. The Balaban J connectivity index is 2.07. The van der Waals surface area contributed by atoms with Crippen molar-refractivity contribution in [2.24, 2.45) is 0 Å². The van der Waals surface area contributed by atoms with Crippen LogP contribution in [0.25, 0.3) is 6.08 Å². The first kappa shape index (κ1) is 19.3.